The Morgan fingerprint density at radius 3 is 2.80 bits per heavy atom. The highest BCUT2D eigenvalue weighted by atomic mass is 127. The molecule has 2 N–H and O–H groups in total. The molecule has 0 aliphatic rings. The molecule has 0 fully saturated rings. The molecule has 0 saturated carbocycles. The minimum atomic E-state index is 0. The lowest BCUT2D eigenvalue weighted by Gasteiger charge is -2.10. The molecule has 0 radical (unpaired) electrons. The maximum Gasteiger partial charge on any atom is 0.191 e. The number of nitrogens with one attached hydrogen (secondary N) is 2. The van der Waals surface area contributed by atoms with Crippen molar-refractivity contribution in [2.75, 3.05) is 6.54 Å². The van der Waals surface area contributed by atoms with Gasteiger partial charge < -0.3 is 15.1 Å². The molecule has 0 bridgehead atoms. The molecule has 0 unspecified atom stereocenters. The van der Waals surface area contributed by atoms with Gasteiger partial charge in [-0.2, -0.15) is 0 Å². The zero-order valence-electron chi connectivity index (χ0n) is 14.6. The van der Waals surface area contributed by atoms with Crippen LogP contribution in [0.1, 0.15) is 29.8 Å². The number of rotatable bonds is 5. The van der Waals surface area contributed by atoms with Crippen molar-refractivity contribution >= 4 is 35.6 Å². The summed E-state index contributed by atoms with van der Waals surface area (Å²) in [5.74, 6) is 3.40. The summed E-state index contributed by atoms with van der Waals surface area (Å²) in [7, 11) is 0. The van der Waals surface area contributed by atoms with Crippen LogP contribution < -0.4 is 10.6 Å². The van der Waals surface area contributed by atoms with E-state index in [1.807, 2.05) is 55.6 Å². The lowest BCUT2D eigenvalue weighted by molar-refractivity contribution is 0.501. The van der Waals surface area contributed by atoms with Gasteiger partial charge in [-0.3, -0.25) is 4.40 Å². The van der Waals surface area contributed by atoms with E-state index in [1.165, 1.54) is 0 Å². The van der Waals surface area contributed by atoms with Crippen LogP contribution in [-0.2, 0) is 13.1 Å². The Bertz CT molecular complexity index is 854. The third-order valence-corrected chi connectivity index (χ3v) is 3.69. The first-order valence-corrected chi connectivity index (χ1v) is 8.04. The number of pyridine rings is 1. The minimum absolute atomic E-state index is 0. The summed E-state index contributed by atoms with van der Waals surface area (Å²) < 4.78 is 7.50. The fourth-order valence-corrected chi connectivity index (χ4v) is 2.52. The predicted octanol–water partition coefficient (Wildman–Crippen LogP) is 2.81. The van der Waals surface area contributed by atoms with Crippen molar-refractivity contribution in [1.29, 1.82) is 0 Å². The van der Waals surface area contributed by atoms with Crippen LogP contribution >= 0.6 is 24.0 Å². The Morgan fingerprint density at radius 1 is 1.24 bits per heavy atom. The van der Waals surface area contributed by atoms with Crippen LogP contribution in [0.3, 0.4) is 0 Å². The molecule has 0 atom stereocenters. The van der Waals surface area contributed by atoms with E-state index in [9.17, 15) is 0 Å². The number of halogens is 1. The number of hydrogen-bond donors (Lipinski definition) is 2. The number of nitrogens with zero attached hydrogens (tertiary/aromatic N) is 4. The van der Waals surface area contributed by atoms with Gasteiger partial charge in [-0.1, -0.05) is 6.07 Å². The van der Waals surface area contributed by atoms with Crippen LogP contribution in [-0.4, -0.2) is 27.1 Å². The molecular formula is C17H23IN6O. The fourth-order valence-electron chi connectivity index (χ4n) is 2.52. The lowest BCUT2D eigenvalue weighted by atomic mass is 10.2. The van der Waals surface area contributed by atoms with Gasteiger partial charge in [-0.15, -0.1) is 34.2 Å². The highest BCUT2D eigenvalue weighted by Crippen LogP contribution is 2.14. The summed E-state index contributed by atoms with van der Waals surface area (Å²) in [4.78, 5) is 4.61. The number of guanidine groups is 1. The van der Waals surface area contributed by atoms with Crippen LogP contribution in [0.15, 0.2) is 39.9 Å². The molecule has 3 rings (SSSR count). The third kappa shape index (κ3) is 4.71. The average Bonchev–Trinajstić information content (AvgIpc) is 3.13. The van der Waals surface area contributed by atoms with Gasteiger partial charge in [0.15, 0.2) is 17.4 Å². The molecule has 3 aromatic heterocycles. The van der Waals surface area contributed by atoms with Crippen LogP contribution in [0.2, 0.25) is 0 Å². The normalized spacial score (nSPS) is 11.4. The maximum atomic E-state index is 5.54. The van der Waals surface area contributed by atoms with E-state index in [0.717, 1.165) is 41.1 Å². The molecular weight excluding hydrogens is 431 g/mol. The van der Waals surface area contributed by atoms with E-state index in [4.69, 9.17) is 4.42 Å². The summed E-state index contributed by atoms with van der Waals surface area (Å²) in [6.45, 7) is 7.84. The van der Waals surface area contributed by atoms with Gasteiger partial charge in [0.05, 0.1) is 13.1 Å². The highest BCUT2D eigenvalue weighted by molar-refractivity contribution is 14.0. The van der Waals surface area contributed by atoms with Gasteiger partial charge in [0.1, 0.15) is 11.5 Å². The third-order valence-electron chi connectivity index (χ3n) is 3.69. The lowest BCUT2D eigenvalue weighted by Crippen LogP contribution is -2.37. The predicted molar refractivity (Wildman–Crippen MR) is 108 cm³/mol. The van der Waals surface area contributed by atoms with Gasteiger partial charge >= 0.3 is 0 Å². The van der Waals surface area contributed by atoms with Crippen molar-refractivity contribution in [3.8, 4) is 0 Å². The molecule has 0 amide bonds. The van der Waals surface area contributed by atoms with E-state index in [0.29, 0.717) is 13.1 Å². The van der Waals surface area contributed by atoms with Crippen LogP contribution in [0, 0.1) is 13.8 Å². The Kier molecular flexibility index (Phi) is 6.80. The highest BCUT2D eigenvalue weighted by Gasteiger charge is 2.07. The number of aliphatic imine (C=N–C) groups is 1. The van der Waals surface area contributed by atoms with E-state index < -0.39 is 0 Å². The van der Waals surface area contributed by atoms with Crippen molar-refractivity contribution in [3.05, 3.63) is 53.4 Å². The zero-order chi connectivity index (χ0) is 16.9. The Hall–Kier alpha value is -2.10. The summed E-state index contributed by atoms with van der Waals surface area (Å²) in [6, 6.07) is 7.86. The quantitative estimate of drug-likeness (QED) is 0.352. The molecule has 3 aromatic rings. The first-order valence-electron chi connectivity index (χ1n) is 8.04. The van der Waals surface area contributed by atoms with Gasteiger partial charge in [0.2, 0.25) is 0 Å². The summed E-state index contributed by atoms with van der Waals surface area (Å²) >= 11 is 0. The number of aromatic nitrogens is 3. The molecule has 7 nitrogen and oxygen atoms in total. The Balaban J connectivity index is 0.00000225. The topological polar surface area (TPSA) is 79.8 Å². The first kappa shape index (κ1) is 19.2. The number of furan rings is 1. The number of fused-ring (bicyclic) bond motifs is 1. The standard InChI is InChI=1S/C17H22N6O.HI/c1-4-18-17(19-10-14-9-12(2)24-13(14)3)20-11-16-22-21-15-7-5-6-8-23(15)16;/h5-9H,4,10-11H2,1-3H3,(H2,18,19,20);1H. The SMILES string of the molecule is CCNC(=NCc1cc(C)oc1C)NCc1nnc2ccccn12.I. The molecule has 0 saturated heterocycles. The molecule has 0 aromatic carbocycles. The van der Waals surface area contributed by atoms with Crippen LogP contribution in [0.5, 0.6) is 0 Å². The summed E-state index contributed by atoms with van der Waals surface area (Å²) in [5, 5.41) is 14.9. The Labute approximate surface area is 164 Å². The second-order valence-electron chi connectivity index (χ2n) is 5.53. The zero-order valence-corrected chi connectivity index (χ0v) is 16.9. The minimum Gasteiger partial charge on any atom is -0.466 e. The van der Waals surface area contributed by atoms with Gasteiger partial charge in [0, 0.05) is 18.3 Å². The number of hydrogen-bond acceptors (Lipinski definition) is 4. The van der Waals surface area contributed by atoms with Crippen molar-refractivity contribution in [2.45, 2.75) is 33.9 Å². The van der Waals surface area contributed by atoms with Crippen molar-refractivity contribution < 1.29 is 4.42 Å². The first-order chi connectivity index (χ1) is 11.7. The molecule has 0 aliphatic carbocycles. The van der Waals surface area contributed by atoms with E-state index in [-0.39, 0.29) is 24.0 Å². The smallest absolute Gasteiger partial charge is 0.191 e. The van der Waals surface area contributed by atoms with E-state index in [1.54, 1.807) is 0 Å². The van der Waals surface area contributed by atoms with E-state index in [2.05, 4.69) is 25.8 Å². The fraction of sp³-hybridized carbons (Fsp3) is 0.353. The van der Waals surface area contributed by atoms with Crippen molar-refractivity contribution in [1.82, 2.24) is 25.2 Å². The molecule has 134 valence electrons. The van der Waals surface area contributed by atoms with Gasteiger partial charge in [0.25, 0.3) is 0 Å². The molecule has 3 heterocycles. The summed E-state index contributed by atoms with van der Waals surface area (Å²) in [6.07, 6.45) is 1.95. The van der Waals surface area contributed by atoms with E-state index >= 15 is 0 Å². The van der Waals surface area contributed by atoms with Crippen molar-refractivity contribution in [3.63, 3.8) is 0 Å². The molecule has 0 spiro atoms. The van der Waals surface area contributed by atoms with Gasteiger partial charge in [-0.05, 0) is 39.0 Å². The average molecular weight is 454 g/mol. The molecule has 25 heavy (non-hydrogen) atoms. The van der Waals surface area contributed by atoms with Crippen LogP contribution in [0.4, 0.5) is 0 Å². The van der Waals surface area contributed by atoms with Crippen molar-refractivity contribution in [2.24, 2.45) is 4.99 Å². The number of aryl methyl sites for hydroxylation is 2. The monoisotopic (exact) mass is 454 g/mol. The second kappa shape index (κ2) is 8.84. The molecule has 0 aliphatic heterocycles. The second-order valence-corrected chi connectivity index (χ2v) is 5.53. The molecule has 8 heteroatoms. The largest absolute Gasteiger partial charge is 0.466 e. The maximum absolute atomic E-state index is 5.54. The Morgan fingerprint density at radius 2 is 2.08 bits per heavy atom. The summed E-state index contributed by atoms with van der Waals surface area (Å²) in [5.41, 5.74) is 1.93. The van der Waals surface area contributed by atoms with Gasteiger partial charge in [-0.25, -0.2) is 4.99 Å². The van der Waals surface area contributed by atoms with Crippen LogP contribution in [0.25, 0.3) is 5.65 Å².